The molecule has 0 saturated carbocycles. The van der Waals surface area contributed by atoms with Crippen molar-refractivity contribution < 1.29 is 0 Å². The third-order valence-electron chi connectivity index (χ3n) is 17.3. The van der Waals surface area contributed by atoms with Gasteiger partial charge in [0, 0.05) is 62.2 Å². The lowest BCUT2D eigenvalue weighted by Gasteiger charge is -2.35. The molecule has 9 aromatic rings. The summed E-state index contributed by atoms with van der Waals surface area (Å²) in [6, 6.07) is 70.4. The molecule has 5 aliphatic carbocycles. The predicted octanol–water partition coefficient (Wildman–Crippen LogP) is 19.9. The first kappa shape index (κ1) is 47.5. The fourth-order valence-corrected chi connectivity index (χ4v) is 13.2. The average molecular weight is 1010 g/mol. The van der Waals surface area contributed by atoms with Gasteiger partial charge in [-0.1, -0.05) is 195 Å². The normalized spacial score (nSPS) is 18.8. The van der Waals surface area contributed by atoms with Crippen molar-refractivity contribution in [3.63, 3.8) is 0 Å². The Morgan fingerprint density at radius 1 is 0.474 bits per heavy atom. The lowest BCUT2D eigenvalue weighted by Crippen LogP contribution is -2.33. The number of benzene rings is 8. The molecular weight excluding hydrogens is 943 g/mol. The molecule has 378 valence electrons. The Bertz CT molecular complexity index is 4000. The highest BCUT2D eigenvalue weighted by Crippen LogP contribution is 2.53. The zero-order valence-corrected chi connectivity index (χ0v) is 44.5. The number of hydrogen-bond donors (Lipinski definition) is 0. The first-order chi connectivity index (χ1) is 38.4. The third kappa shape index (κ3) is 8.55. The fraction of sp³-hybridized carbons (Fsp3) is 0.147. The van der Waals surface area contributed by atoms with Gasteiger partial charge in [0.05, 0.1) is 17.1 Å². The molecule has 3 atom stereocenters. The van der Waals surface area contributed by atoms with Crippen molar-refractivity contribution in [2.75, 3.05) is 9.80 Å². The van der Waals surface area contributed by atoms with E-state index in [0.717, 1.165) is 49.2 Å². The van der Waals surface area contributed by atoms with Gasteiger partial charge in [0.15, 0.2) is 0 Å². The van der Waals surface area contributed by atoms with E-state index < -0.39 is 0 Å². The summed E-state index contributed by atoms with van der Waals surface area (Å²) in [6.45, 7) is 4.83. The van der Waals surface area contributed by atoms with E-state index in [1.165, 1.54) is 94.5 Å². The van der Waals surface area contributed by atoms with E-state index in [1.807, 2.05) is 0 Å². The van der Waals surface area contributed by atoms with Crippen LogP contribution in [-0.4, -0.2) is 10.6 Å². The topological polar surface area (TPSA) is 11.4 Å². The van der Waals surface area contributed by atoms with Gasteiger partial charge < -0.3 is 14.4 Å². The van der Waals surface area contributed by atoms with Gasteiger partial charge in [0.25, 0.3) is 0 Å². The number of hydrogen-bond acceptors (Lipinski definition) is 2. The van der Waals surface area contributed by atoms with Crippen LogP contribution in [0.5, 0.6) is 0 Å². The number of aromatic nitrogens is 1. The molecule has 3 unspecified atom stereocenters. The highest BCUT2D eigenvalue weighted by atomic mass is 15.2. The van der Waals surface area contributed by atoms with Crippen LogP contribution in [0.4, 0.5) is 22.7 Å². The molecule has 14 rings (SSSR count). The molecule has 1 heterocycles. The second-order valence-electron chi connectivity index (χ2n) is 22.2. The van der Waals surface area contributed by atoms with Crippen LogP contribution in [0.1, 0.15) is 63.0 Å². The fourth-order valence-electron chi connectivity index (χ4n) is 13.2. The van der Waals surface area contributed by atoms with Crippen LogP contribution in [0.15, 0.2) is 284 Å². The van der Waals surface area contributed by atoms with Crippen LogP contribution < -0.4 is 9.80 Å². The summed E-state index contributed by atoms with van der Waals surface area (Å²) in [7, 11) is 0. The number of anilines is 4. The van der Waals surface area contributed by atoms with Crippen molar-refractivity contribution in [1.82, 2.24) is 4.57 Å². The van der Waals surface area contributed by atoms with Gasteiger partial charge in [0.1, 0.15) is 0 Å². The Kier molecular flexibility index (Phi) is 12.1. The van der Waals surface area contributed by atoms with Gasteiger partial charge >= 0.3 is 0 Å². The van der Waals surface area contributed by atoms with Crippen molar-refractivity contribution in [1.29, 1.82) is 0 Å². The van der Waals surface area contributed by atoms with E-state index in [1.54, 1.807) is 0 Å². The molecule has 0 N–H and O–H groups in total. The minimum absolute atomic E-state index is 0.0456. The number of allylic oxidation sites excluding steroid dienone is 13. The Hall–Kier alpha value is -8.92. The minimum atomic E-state index is -0.0456. The van der Waals surface area contributed by atoms with Crippen LogP contribution in [0.25, 0.3) is 60.9 Å². The Morgan fingerprint density at radius 3 is 1.69 bits per heavy atom. The molecule has 8 aromatic carbocycles. The monoisotopic (exact) mass is 1010 g/mol. The zero-order chi connectivity index (χ0) is 52.2. The summed E-state index contributed by atoms with van der Waals surface area (Å²) in [5.74, 6) is 0.886. The van der Waals surface area contributed by atoms with E-state index >= 15 is 0 Å². The lowest BCUT2D eigenvalue weighted by molar-refractivity contribution is 0.612. The lowest BCUT2D eigenvalue weighted by atomic mass is 9.79. The molecule has 0 radical (unpaired) electrons. The zero-order valence-electron chi connectivity index (χ0n) is 44.5. The van der Waals surface area contributed by atoms with Crippen molar-refractivity contribution in [3.8, 4) is 39.1 Å². The van der Waals surface area contributed by atoms with Crippen molar-refractivity contribution in [2.24, 2.45) is 5.92 Å². The Morgan fingerprint density at radius 2 is 1.08 bits per heavy atom. The van der Waals surface area contributed by atoms with Gasteiger partial charge in [-0.3, -0.25) is 0 Å². The maximum Gasteiger partial charge on any atom is 0.0559 e. The van der Waals surface area contributed by atoms with Crippen LogP contribution in [0, 0.1) is 5.92 Å². The molecule has 5 aliphatic rings. The van der Waals surface area contributed by atoms with Crippen molar-refractivity contribution in [3.05, 3.63) is 295 Å². The predicted molar refractivity (Wildman–Crippen MR) is 330 cm³/mol. The maximum absolute atomic E-state index is 2.54. The molecule has 1 aromatic heterocycles. The van der Waals surface area contributed by atoms with Crippen molar-refractivity contribution in [2.45, 2.75) is 63.3 Å². The summed E-state index contributed by atoms with van der Waals surface area (Å²) in [5.41, 5.74) is 22.5. The second-order valence-corrected chi connectivity index (χ2v) is 22.2. The van der Waals surface area contributed by atoms with Gasteiger partial charge in [-0.15, -0.1) is 0 Å². The summed E-state index contributed by atoms with van der Waals surface area (Å²) in [6.07, 6.45) is 35.6. The molecule has 0 bridgehead atoms. The van der Waals surface area contributed by atoms with Gasteiger partial charge in [-0.2, -0.15) is 0 Å². The van der Waals surface area contributed by atoms with E-state index in [9.17, 15) is 0 Å². The molecular formula is C75H63N3. The SMILES string of the molecule is CC1(C)C2=CC=CCC2c2ccc(-n3c4ccc(-c5ccc(N(c6ccccc6)c6ccc(-c7ccccc7)cc6)cc5)cc4c4cc(-c5ccc(N(C6=CCC(C7=CCCC=C7)C=C6)C6C=CC=CC6)cc5)ccc43)cc21. The number of rotatable bonds is 11. The summed E-state index contributed by atoms with van der Waals surface area (Å²) in [4.78, 5) is 4.88. The van der Waals surface area contributed by atoms with Gasteiger partial charge in [0.2, 0.25) is 0 Å². The van der Waals surface area contributed by atoms with Crippen LogP contribution in [-0.2, 0) is 5.41 Å². The molecule has 3 heteroatoms. The second kappa shape index (κ2) is 19.9. The minimum Gasteiger partial charge on any atom is -0.335 e. The largest absolute Gasteiger partial charge is 0.335 e. The molecule has 0 spiro atoms. The summed E-state index contributed by atoms with van der Waals surface area (Å²) in [5, 5.41) is 2.49. The quantitative estimate of drug-likeness (QED) is 0.128. The van der Waals surface area contributed by atoms with E-state index in [0.29, 0.717) is 11.8 Å². The van der Waals surface area contributed by atoms with E-state index in [-0.39, 0.29) is 11.5 Å². The van der Waals surface area contributed by atoms with E-state index in [2.05, 4.69) is 295 Å². The van der Waals surface area contributed by atoms with Crippen molar-refractivity contribution >= 4 is 44.6 Å². The first-order valence-corrected chi connectivity index (χ1v) is 28.1. The molecule has 0 fully saturated rings. The maximum atomic E-state index is 2.54. The summed E-state index contributed by atoms with van der Waals surface area (Å²) >= 11 is 0. The standard InChI is InChI=1S/C75H63N3/c1-75(2)71-26-16-15-25-67(71)68-46-45-66(51-72(68)75)78-73-47-35-58(56-31-41-64(42-32-56)76(60-21-11-5-12-22-60)62-37-27-54(28-38-62)52-17-7-3-8-18-52)49-69(73)70-50-59(36-48-74(70)78)57-33-43-65(44-34-57)77(61-23-13-6-14-24-61)63-39-29-55(30-40-63)53-19-9-4-10-20-53/h3,5-9,11-23,26-29,31-51,55,61,67H,4,10,24-25,30H2,1-2H3. The number of nitrogens with zero attached hydrogens (tertiary/aromatic N) is 3. The average Bonchev–Trinajstić information content (AvgIpc) is 3.95. The highest BCUT2D eigenvalue weighted by Gasteiger charge is 2.41. The molecule has 0 aliphatic heterocycles. The Balaban J connectivity index is 0.839. The first-order valence-electron chi connectivity index (χ1n) is 28.1. The third-order valence-corrected chi connectivity index (χ3v) is 17.3. The van der Waals surface area contributed by atoms with Gasteiger partial charge in [-0.05, 0) is 173 Å². The number of fused-ring (bicyclic) bond motifs is 6. The Labute approximate surface area is 459 Å². The summed E-state index contributed by atoms with van der Waals surface area (Å²) < 4.78 is 2.51. The highest BCUT2D eigenvalue weighted by molar-refractivity contribution is 6.11. The van der Waals surface area contributed by atoms with Crippen LogP contribution in [0.2, 0.25) is 0 Å². The van der Waals surface area contributed by atoms with Gasteiger partial charge in [-0.25, -0.2) is 0 Å². The smallest absolute Gasteiger partial charge is 0.0559 e. The molecule has 78 heavy (non-hydrogen) atoms. The molecule has 3 nitrogen and oxygen atoms in total. The molecule has 0 amide bonds. The van der Waals surface area contributed by atoms with Crippen LogP contribution >= 0.6 is 0 Å². The number of para-hydroxylation sites is 1. The van der Waals surface area contributed by atoms with E-state index in [4.69, 9.17) is 0 Å². The molecule has 0 saturated heterocycles. The van der Waals surface area contributed by atoms with Crippen LogP contribution in [0.3, 0.4) is 0 Å².